The van der Waals surface area contributed by atoms with Gasteiger partial charge in [0.15, 0.2) is 0 Å². The predicted molar refractivity (Wildman–Crippen MR) is 109 cm³/mol. The number of hydrogen-bond acceptors (Lipinski definition) is 4. The Balaban J connectivity index is 1.71. The van der Waals surface area contributed by atoms with Crippen molar-refractivity contribution in [1.29, 1.82) is 0 Å². The minimum Gasteiger partial charge on any atom is -0.340 e. The standard InChI is InChI=1S/C21H27N3O3S/c25-21(23-17-13-22-14-18-23)12-16-24(15-11-19-7-3-1-4-8-19)28(26,27)20-9-5-2-6-10-20/h1-10,22H,11-18H2. The van der Waals surface area contributed by atoms with E-state index < -0.39 is 10.0 Å². The van der Waals surface area contributed by atoms with E-state index in [4.69, 9.17) is 0 Å². The molecule has 1 fully saturated rings. The van der Waals surface area contributed by atoms with Crippen LogP contribution in [0.2, 0.25) is 0 Å². The van der Waals surface area contributed by atoms with E-state index in [0.29, 0.717) is 26.1 Å². The Bertz CT molecular complexity index is 851. The monoisotopic (exact) mass is 401 g/mol. The van der Waals surface area contributed by atoms with E-state index in [1.54, 1.807) is 35.2 Å². The molecule has 0 unspecified atom stereocenters. The van der Waals surface area contributed by atoms with Crippen molar-refractivity contribution in [3.63, 3.8) is 0 Å². The molecule has 1 N–H and O–H groups in total. The fourth-order valence-corrected chi connectivity index (χ4v) is 4.75. The van der Waals surface area contributed by atoms with Gasteiger partial charge in [-0.05, 0) is 24.1 Å². The van der Waals surface area contributed by atoms with Crippen LogP contribution < -0.4 is 5.32 Å². The van der Waals surface area contributed by atoms with Crippen LogP contribution in [0.5, 0.6) is 0 Å². The summed E-state index contributed by atoms with van der Waals surface area (Å²) in [4.78, 5) is 14.6. The van der Waals surface area contributed by atoms with Crippen LogP contribution in [0.4, 0.5) is 0 Å². The van der Waals surface area contributed by atoms with Crippen LogP contribution in [0.25, 0.3) is 0 Å². The van der Waals surface area contributed by atoms with E-state index >= 15 is 0 Å². The van der Waals surface area contributed by atoms with Crippen LogP contribution >= 0.6 is 0 Å². The van der Waals surface area contributed by atoms with Gasteiger partial charge in [0.05, 0.1) is 4.90 Å². The number of carbonyl (C=O) groups is 1. The average molecular weight is 402 g/mol. The van der Waals surface area contributed by atoms with E-state index in [9.17, 15) is 13.2 Å². The number of nitrogens with zero attached hydrogens (tertiary/aromatic N) is 2. The number of nitrogens with one attached hydrogen (secondary N) is 1. The van der Waals surface area contributed by atoms with E-state index in [1.807, 2.05) is 30.3 Å². The second-order valence-electron chi connectivity index (χ2n) is 6.83. The van der Waals surface area contributed by atoms with Gasteiger partial charge >= 0.3 is 0 Å². The van der Waals surface area contributed by atoms with Crippen molar-refractivity contribution in [2.45, 2.75) is 17.7 Å². The largest absolute Gasteiger partial charge is 0.340 e. The highest BCUT2D eigenvalue weighted by Gasteiger charge is 2.26. The van der Waals surface area contributed by atoms with Crippen LogP contribution in [0.15, 0.2) is 65.6 Å². The highest BCUT2D eigenvalue weighted by molar-refractivity contribution is 7.89. The number of sulfonamides is 1. The quantitative estimate of drug-likeness (QED) is 0.732. The highest BCUT2D eigenvalue weighted by Crippen LogP contribution is 2.17. The number of rotatable bonds is 8. The second kappa shape index (κ2) is 9.82. The third-order valence-corrected chi connectivity index (χ3v) is 6.83. The molecule has 1 heterocycles. The molecule has 0 aliphatic carbocycles. The Hall–Kier alpha value is -2.22. The zero-order valence-corrected chi connectivity index (χ0v) is 16.8. The lowest BCUT2D eigenvalue weighted by atomic mass is 10.1. The lowest BCUT2D eigenvalue weighted by molar-refractivity contribution is -0.131. The first-order valence-electron chi connectivity index (χ1n) is 9.65. The Morgan fingerprint density at radius 2 is 1.54 bits per heavy atom. The van der Waals surface area contributed by atoms with Crippen LogP contribution in [0.1, 0.15) is 12.0 Å². The molecule has 1 aliphatic heterocycles. The van der Waals surface area contributed by atoms with E-state index in [1.165, 1.54) is 4.31 Å². The van der Waals surface area contributed by atoms with Crippen molar-refractivity contribution in [3.8, 4) is 0 Å². The Labute approximate surface area is 167 Å². The summed E-state index contributed by atoms with van der Waals surface area (Å²) in [6, 6.07) is 18.2. The van der Waals surface area contributed by atoms with Gasteiger partial charge in [-0.3, -0.25) is 4.79 Å². The van der Waals surface area contributed by atoms with Crippen molar-refractivity contribution in [1.82, 2.24) is 14.5 Å². The molecule has 1 aliphatic rings. The maximum Gasteiger partial charge on any atom is 0.243 e. The van der Waals surface area contributed by atoms with Crippen molar-refractivity contribution < 1.29 is 13.2 Å². The van der Waals surface area contributed by atoms with Crippen molar-refractivity contribution >= 4 is 15.9 Å². The minimum absolute atomic E-state index is 0.00877. The molecular formula is C21H27N3O3S. The molecule has 0 bridgehead atoms. The second-order valence-corrected chi connectivity index (χ2v) is 8.77. The molecule has 2 aromatic carbocycles. The Kier molecular flexibility index (Phi) is 7.19. The summed E-state index contributed by atoms with van der Waals surface area (Å²) >= 11 is 0. The summed E-state index contributed by atoms with van der Waals surface area (Å²) in [5.74, 6) is 0.00877. The molecule has 1 amide bonds. The first-order chi connectivity index (χ1) is 13.6. The van der Waals surface area contributed by atoms with Gasteiger partial charge in [-0.1, -0.05) is 48.5 Å². The summed E-state index contributed by atoms with van der Waals surface area (Å²) in [5.41, 5.74) is 1.07. The number of piperazine rings is 1. The van der Waals surface area contributed by atoms with E-state index in [2.05, 4.69) is 5.32 Å². The summed E-state index contributed by atoms with van der Waals surface area (Å²) < 4.78 is 27.7. The molecule has 0 spiro atoms. The summed E-state index contributed by atoms with van der Waals surface area (Å²) in [5, 5.41) is 3.22. The normalized spacial score (nSPS) is 15.0. The van der Waals surface area contributed by atoms with Gasteiger partial charge in [0.2, 0.25) is 15.9 Å². The number of amides is 1. The summed E-state index contributed by atoms with van der Waals surface area (Å²) in [6.45, 7) is 3.45. The van der Waals surface area contributed by atoms with Crippen molar-refractivity contribution in [2.24, 2.45) is 0 Å². The van der Waals surface area contributed by atoms with Gasteiger partial charge in [-0.2, -0.15) is 4.31 Å². The lowest BCUT2D eigenvalue weighted by Gasteiger charge is -2.29. The van der Waals surface area contributed by atoms with Crippen LogP contribution in [-0.2, 0) is 21.2 Å². The molecule has 28 heavy (non-hydrogen) atoms. The van der Waals surface area contributed by atoms with Gasteiger partial charge < -0.3 is 10.2 Å². The Morgan fingerprint density at radius 1 is 0.929 bits per heavy atom. The maximum atomic E-state index is 13.1. The van der Waals surface area contributed by atoms with Gasteiger partial charge in [0.25, 0.3) is 0 Å². The molecular weight excluding hydrogens is 374 g/mol. The number of benzene rings is 2. The summed E-state index contributed by atoms with van der Waals surface area (Å²) in [6.07, 6.45) is 0.801. The van der Waals surface area contributed by atoms with Gasteiger partial charge in [-0.25, -0.2) is 8.42 Å². The molecule has 2 aromatic rings. The smallest absolute Gasteiger partial charge is 0.243 e. The first-order valence-corrected chi connectivity index (χ1v) is 11.1. The summed E-state index contributed by atoms with van der Waals surface area (Å²) in [7, 11) is -3.65. The van der Waals surface area contributed by atoms with Crippen LogP contribution in [0.3, 0.4) is 0 Å². The average Bonchev–Trinajstić information content (AvgIpc) is 2.75. The van der Waals surface area contributed by atoms with E-state index in [0.717, 1.165) is 18.7 Å². The third kappa shape index (κ3) is 5.41. The first kappa shape index (κ1) is 20.5. The van der Waals surface area contributed by atoms with Crippen LogP contribution in [0, 0.1) is 0 Å². The number of hydrogen-bond donors (Lipinski definition) is 1. The highest BCUT2D eigenvalue weighted by atomic mass is 32.2. The zero-order valence-electron chi connectivity index (χ0n) is 16.0. The molecule has 0 aromatic heterocycles. The maximum absolute atomic E-state index is 13.1. The van der Waals surface area contributed by atoms with Crippen molar-refractivity contribution in [2.75, 3.05) is 39.3 Å². The SMILES string of the molecule is O=C(CCN(CCc1ccccc1)S(=O)(=O)c1ccccc1)N1CCNCC1. The Morgan fingerprint density at radius 3 is 2.18 bits per heavy atom. The van der Waals surface area contributed by atoms with Gasteiger partial charge in [-0.15, -0.1) is 0 Å². The molecule has 0 atom stereocenters. The molecule has 0 radical (unpaired) electrons. The fourth-order valence-electron chi connectivity index (χ4n) is 3.28. The van der Waals surface area contributed by atoms with Gasteiger partial charge in [0, 0.05) is 45.7 Å². The molecule has 7 heteroatoms. The lowest BCUT2D eigenvalue weighted by Crippen LogP contribution is -2.47. The number of carbonyl (C=O) groups excluding carboxylic acids is 1. The van der Waals surface area contributed by atoms with Crippen LogP contribution in [-0.4, -0.2) is 62.8 Å². The molecule has 1 saturated heterocycles. The molecule has 0 saturated carbocycles. The van der Waals surface area contributed by atoms with Gasteiger partial charge in [0.1, 0.15) is 0 Å². The van der Waals surface area contributed by atoms with Crippen molar-refractivity contribution in [3.05, 3.63) is 66.2 Å². The topological polar surface area (TPSA) is 69.7 Å². The zero-order chi connectivity index (χ0) is 19.8. The minimum atomic E-state index is -3.65. The molecule has 3 rings (SSSR count). The predicted octanol–water partition coefficient (Wildman–Crippen LogP) is 1.74. The molecule has 150 valence electrons. The fraction of sp³-hybridized carbons (Fsp3) is 0.381. The third-order valence-electron chi connectivity index (χ3n) is 4.92. The van der Waals surface area contributed by atoms with E-state index in [-0.39, 0.29) is 23.8 Å². The molecule has 6 nitrogen and oxygen atoms in total.